The molecule has 8 heteroatoms. The number of benzene rings is 1. The van der Waals surface area contributed by atoms with Gasteiger partial charge in [-0.15, -0.1) is 11.3 Å². The number of nitrogens with zero attached hydrogens (tertiary/aromatic N) is 2. The minimum Gasteiger partial charge on any atom is -0.463 e. The van der Waals surface area contributed by atoms with Crippen molar-refractivity contribution in [3.05, 3.63) is 62.5 Å². The highest BCUT2D eigenvalue weighted by Gasteiger charge is 2.33. The molecule has 0 spiro atoms. The van der Waals surface area contributed by atoms with Crippen LogP contribution in [0, 0.1) is 5.82 Å². The van der Waals surface area contributed by atoms with E-state index in [4.69, 9.17) is 16.3 Å². The number of esters is 1. The minimum atomic E-state index is -0.771. The van der Waals surface area contributed by atoms with Crippen molar-refractivity contribution in [3.63, 3.8) is 0 Å². The van der Waals surface area contributed by atoms with E-state index in [1.807, 2.05) is 12.3 Å². The second-order valence-corrected chi connectivity index (χ2v) is 6.72. The fourth-order valence-corrected chi connectivity index (χ4v) is 3.55. The van der Waals surface area contributed by atoms with Crippen LogP contribution >= 0.6 is 22.9 Å². The van der Waals surface area contributed by atoms with E-state index < -0.39 is 17.8 Å². The summed E-state index contributed by atoms with van der Waals surface area (Å²) in [6, 6.07) is 3.71. The number of allylic oxidation sites excluding steroid dienone is 1. The van der Waals surface area contributed by atoms with Crippen LogP contribution in [-0.2, 0) is 9.53 Å². The van der Waals surface area contributed by atoms with Crippen molar-refractivity contribution in [2.45, 2.75) is 26.3 Å². The van der Waals surface area contributed by atoms with E-state index in [2.05, 4.69) is 15.3 Å². The second-order valence-electron chi connectivity index (χ2n) is 5.45. The maximum absolute atomic E-state index is 14.0. The standard InChI is InChI=1S/C18H17ClFN3O2S/c1-3-12-13(18(24)25-4-2)15(10-6-5-7-11(20)14(10)19)23-16(22-12)17-21-8-9-26-17/h5-9,15H,3-4H2,1-2H3,(H,22,23)/t15-/m0/s1. The predicted octanol–water partition coefficient (Wildman–Crippen LogP) is 4.25. The van der Waals surface area contributed by atoms with Gasteiger partial charge in [0.25, 0.3) is 0 Å². The molecule has 0 radical (unpaired) electrons. The van der Waals surface area contributed by atoms with E-state index in [9.17, 15) is 9.18 Å². The molecule has 0 bridgehead atoms. The molecule has 26 heavy (non-hydrogen) atoms. The number of halogens is 2. The molecule has 1 aliphatic rings. The fraction of sp³-hybridized carbons (Fsp3) is 0.278. The van der Waals surface area contributed by atoms with Crippen LogP contribution < -0.4 is 5.32 Å². The lowest BCUT2D eigenvalue weighted by atomic mass is 9.94. The maximum atomic E-state index is 14.0. The minimum absolute atomic E-state index is 0.0566. The zero-order valence-corrected chi connectivity index (χ0v) is 15.8. The number of aromatic nitrogens is 1. The average molecular weight is 394 g/mol. The van der Waals surface area contributed by atoms with Crippen molar-refractivity contribution < 1.29 is 13.9 Å². The number of nitrogens with one attached hydrogen (secondary N) is 1. The van der Waals surface area contributed by atoms with Gasteiger partial charge in [-0.25, -0.2) is 14.2 Å². The lowest BCUT2D eigenvalue weighted by Crippen LogP contribution is -2.33. The highest BCUT2D eigenvalue weighted by molar-refractivity contribution is 7.11. The summed E-state index contributed by atoms with van der Waals surface area (Å²) in [7, 11) is 0. The van der Waals surface area contributed by atoms with Gasteiger partial charge < -0.3 is 10.1 Å². The summed E-state index contributed by atoms with van der Waals surface area (Å²) >= 11 is 7.60. The summed E-state index contributed by atoms with van der Waals surface area (Å²) in [5.74, 6) is -0.533. The van der Waals surface area contributed by atoms with Crippen molar-refractivity contribution in [1.82, 2.24) is 10.3 Å². The molecule has 0 fully saturated rings. The number of thiazole rings is 1. The zero-order valence-electron chi connectivity index (χ0n) is 14.3. The quantitative estimate of drug-likeness (QED) is 0.771. The average Bonchev–Trinajstić information content (AvgIpc) is 3.18. The van der Waals surface area contributed by atoms with Crippen molar-refractivity contribution in [1.29, 1.82) is 0 Å². The Labute approximate surface area is 159 Å². The first-order valence-electron chi connectivity index (χ1n) is 8.15. The molecule has 1 aromatic carbocycles. The summed E-state index contributed by atoms with van der Waals surface area (Å²) in [5, 5.41) is 5.62. The third-order valence-corrected chi connectivity index (χ3v) is 5.06. The smallest absolute Gasteiger partial charge is 0.338 e. The van der Waals surface area contributed by atoms with Crippen LogP contribution in [0.2, 0.25) is 5.02 Å². The lowest BCUT2D eigenvalue weighted by Gasteiger charge is -2.27. The number of aliphatic imine (C=N–C) groups is 1. The Balaban J connectivity index is 2.17. The van der Waals surface area contributed by atoms with E-state index in [1.165, 1.54) is 17.4 Å². The third kappa shape index (κ3) is 3.50. The topological polar surface area (TPSA) is 63.6 Å². The van der Waals surface area contributed by atoms with Gasteiger partial charge in [-0.1, -0.05) is 30.7 Å². The molecule has 2 heterocycles. The van der Waals surface area contributed by atoms with Crippen molar-refractivity contribution in [3.8, 4) is 0 Å². The molecule has 0 aliphatic carbocycles. The number of hydrogen-bond acceptors (Lipinski definition) is 6. The number of amidine groups is 1. The molecule has 3 rings (SSSR count). The Morgan fingerprint density at radius 3 is 2.88 bits per heavy atom. The summed E-state index contributed by atoms with van der Waals surface area (Å²) < 4.78 is 19.2. The van der Waals surface area contributed by atoms with Crippen molar-refractivity contribution in [2.24, 2.45) is 4.99 Å². The monoisotopic (exact) mass is 393 g/mol. The number of hydrogen-bond donors (Lipinski definition) is 1. The Morgan fingerprint density at radius 1 is 1.42 bits per heavy atom. The van der Waals surface area contributed by atoms with Gasteiger partial charge in [0.05, 0.1) is 17.2 Å². The molecular weight excluding hydrogens is 377 g/mol. The number of rotatable bonds is 5. The molecule has 1 atom stereocenters. The fourth-order valence-electron chi connectivity index (χ4n) is 2.73. The van der Waals surface area contributed by atoms with E-state index in [1.54, 1.807) is 25.3 Å². The molecule has 1 N–H and O–H groups in total. The predicted molar refractivity (Wildman–Crippen MR) is 99.9 cm³/mol. The van der Waals surface area contributed by atoms with Gasteiger partial charge in [0.2, 0.25) is 0 Å². The summed E-state index contributed by atoms with van der Waals surface area (Å²) in [6.45, 7) is 3.87. The Morgan fingerprint density at radius 2 is 2.23 bits per heavy atom. The Hall–Kier alpha value is -2.25. The van der Waals surface area contributed by atoms with Crippen molar-refractivity contribution >= 4 is 34.7 Å². The first-order chi connectivity index (χ1) is 12.6. The molecule has 2 aromatic rings. The highest BCUT2D eigenvalue weighted by Crippen LogP contribution is 2.37. The van der Waals surface area contributed by atoms with Gasteiger partial charge in [0.1, 0.15) is 11.9 Å². The van der Waals surface area contributed by atoms with Gasteiger partial charge in [-0.2, -0.15) is 0 Å². The van der Waals surface area contributed by atoms with E-state index in [0.29, 0.717) is 34.1 Å². The van der Waals surface area contributed by atoms with Crippen LogP contribution in [0.1, 0.15) is 36.9 Å². The normalized spacial score (nSPS) is 16.9. The summed E-state index contributed by atoms with van der Waals surface area (Å²) in [4.78, 5) is 21.5. The molecule has 1 aromatic heterocycles. The van der Waals surface area contributed by atoms with Gasteiger partial charge >= 0.3 is 5.97 Å². The summed E-state index contributed by atoms with van der Waals surface area (Å²) in [6.07, 6.45) is 2.21. The maximum Gasteiger partial charge on any atom is 0.338 e. The first kappa shape index (κ1) is 18.5. The van der Waals surface area contributed by atoms with Gasteiger partial charge in [0, 0.05) is 22.8 Å². The Bertz CT molecular complexity index is 881. The summed E-state index contributed by atoms with van der Waals surface area (Å²) in [5.41, 5.74) is 1.41. The first-order valence-corrected chi connectivity index (χ1v) is 9.41. The van der Waals surface area contributed by atoms with E-state index in [0.717, 1.165) is 0 Å². The molecule has 5 nitrogen and oxygen atoms in total. The van der Waals surface area contributed by atoms with Crippen LogP contribution in [0.25, 0.3) is 0 Å². The van der Waals surface area contributed by atoms with Crippen LogP contribution in [0.15, 0.2) is 46.0 Å². The van der Waals surface area contributed by atoms with E-state index in [-0.39, 0.29) is 11.6 Å². The van der Waals surface area contributed by atoms with Crippen LogP contribution in [0.3, 0.4) is 0 Å². The molecule has 0 saturated carbocycles. The van der Waals surface area contributed by atoms with Crippen LogP contribution in [-0.4, -0.2) is 23.4 Å². The zero-order chi connectivity index (χ0) is 18.7. The second kappa shape index (κ2) is 7.97. The molecular formula is C18H17ClFN3O2S. The SMILES string of the molecule is CCOC(=O)C1=C(CC)NC(c2nccs2)=N[C@H]1c1cccc(F)c1Cl. The third-order valence-electron chi connectivity index (χ3n) is 3.89. The number of ether oxygens (including phenoxy) is 1. The van der Waals surface area contributed by atoms with Crippen LogP contribution in [0.4, 0.5) is 4.39 Å². The number of carbonyl (C=O) groups excluding carboxylic acids is 1. The largest absolute Gasteiger partial charge is 0.463 e. The Kier molecular flexibility index (Phi) is 5.68. The number of carbonyl (C=O) groups is 1. The molecule has 1 aliphatic heterocycles. The van der Waals surface area contributed by atoms with E-state index >= 15 is 0 Å². The van der Waals surface area contributed by atoms with Crippen molar-refractivity contribution in [2.75, 3.05) is 6.61 Å². The van der Waals surface area contributed by atoms with Gasteiger partial charge in [0.15, 0.2) is 10.8 Å². The molecule has 136 valence electrons. The molecule has 0 amide bonds. The van der Waals surface area contributed by atoms with Gasteiger partial charge in [-0.05, 0) is 19.4 Å². The lowest BCUT2D eigenvalue weighted by molar-refractivity contribution is -0.139. The van der Waals surface area contributed by atoms with Crippen LogP contribution in [0.5, 0.6) is 0 Å². The highest BCUT2D eigenvalue weighted by atomic mass is 35.5. The molecule has 0 unspecified atom stereocenters. The van der Waals surface area contributed by atoms with Gasteiger partial charge in [-0.3, -0.25) is 4.99 Å². The molecule has 0 saturated heterocycles.